The van der Waals surface area contributed by atoms with Gasteiger partial charge in [0.2, 0.25) is 11.2 Å². The minimum Gasteiger partial charge on any atom is -0.444 e. The van der Waals surface area contributed by atoms with Gasteiger partial charge in [0.15, 0.2) is 0 Å². The SMILES string of the molecule is Cc1cc(N)ccc1N1CC2(CC(NC(=O)OC(C)(C)C)C2)C1.Cc1cc(Nc2ncc(C)c(Nc3ccccc3P(C)(C)=O)n2)ccc1N1CC2(CC(NC(=O)OC(C)(C)C)C2)C1.Cc1cnc(Cl)nc1Nc1ccccc1P(C)(C)=O. The van der Waals surface area contributed by atoms with Crippen molar-refractivity contribution in [1.29, 1.82) is 0 Å². The van der Waals surface area contributed by atoms with E-state index in [1.54, 1.807) is 39.1 Å². The van der Waals surface area contributed by atoms with E-state index in [9.17, 15) is 18.7 Å². The predicted molar refractivity (Wildman–Crippen MR) is 340 cm³/mol. The summed E-state index contributed by atoms with van der Waals surface area (Å²) in [6, 6.07) is 28.0. The number of alkyl carbamates (subject to hydrolysis) is 2. The second-order valence-corrected chi connectivity index (χ2v) is 32.5. The summed E-state index contributed by atoms with van der Waals surface area (Å²) < 4.78 is 35.8. The van der Waals surface area contributed by atoms with Gasteiger partial charge in [-0.05, 0) is 205 Å². The van der Waals surface area contributed by atoms with E-state index < -0.39 is 25.5 Å². The summed E-state index contributed by atoms with van der Waals surface area (Å²) >= 11 is 5.80. The number of nitrogens with two attached hydrogens (primary N) is 1. The van der Waals surface area contributed by atoms with Crippen molar-refractivity contribution < 1.29 is 28.2 Å². The maximum atomic E-state index is 12.8. The van der Waals surface area contributed by atoms with Gasteiger partial charge < -0.3 is 60.7 Å². The van der Waals surface area contributed by atoms with Crippen LogP contribution in [0, 0.1) is 38.5 Å². The van der Waals surface area contributed by atoms with Crippen molar-refractivity contribution in [3.8, 4) is 0 Å². The van der Waals surface area contributed by atoms with Crippen molar-refractivity contribution in [2.24, 2.45) is 10.8 Å². The third kappa shape index (κ3) is 16.3. The minimum atomic E-state index is -2.46. The van der Waals surface area contributed by atoms with Crippen LogP contribution in [0.25, 0.3) is 0 Å². The molecule has 2 amide bonds. The molecule has 0 radical (unpaired) electrons. The van der Waals surface area contributed by atoms with E-state index in [4.69, 9.17) is 31.8 Å². The van der Waals surface area contributed by atoms with E-state index in [1.807, 2.05) is 116 Å². The molecule has 2 saturated carbocycles. The quantitative estimate of drug-likeness (QED) is 0.0380. The number of hydrogen-bond donors (Lipinski definition) is 6. The van der Waals surface area contributed by atoms with Gasteiger partial charge in [0.1, 0.15) is 37.1 Å². The Bertz CT molecular complexity index is 3440. The molecule has 0 bridgehead atoms. The Labute approximate surface area is 495 Å². The summed E-state index contributed by atoms with van der Waals surface area (Å²) in [5.41, 5.74) is 15.5. The normalized spacial score (nSPS) is 16.3. The molecule has 21 heteroatoms. The molecule has 2 spiro atoms. The van der Waals surface area contributed by atoms with E-state index >= 15 is 0 Å². The average molecular weight is 1190 g/mol. The zero-order valence-electron chi connectivity index (χ0n) is 50.5. The molecule has 2 aliphatic carbocycles. The van der Waals surface area contributed by atoms with Gasteiger partial charge in [-0.25, -0.2) is 24.5 Å². The highest BCUT2D eigenvalue weighted by molar-refractivity contribution is 7.70. The Kier molecular flexibility index (Phi) is 18.3. The van der Waals surface area contributed by atoms with Crippen molar-refractivity contribution in [3.63, 3.8) is 0 Å². The summed E-state index contributed by atoms with van der Waals surface area (Å²) in [7, 11) is -4.82. The summed E-state index contributed by atoms with van der Waals surface area (Å²) in [5.74, 6) is 1.78. The highest BCUT2D eigenvalue weighted by atomic mass is 35.5. The minimum absolute atomic E-state index is 0.182. The number of nitrogens with one attached hydrogen (secondary N) is 5. The number of rotatable bonds is 12. The fourth-order valence-corrected chi connectivity index (χ4v) is 13.7. The molecule has 4 heterocycles. The van der Waals surface area contributed by atoms with E-state index in [0.717, 1.165) is 96.3 Å². The van der Waals surface area contributed by atoms with Crippen LogP contribution in [0.1, 0.15) is 89.5 Å². The Hall–Kier alpha value is -6.87. The summed E-state index contributed by atoms with van der Waals surface area (Å²) in [5, 5.41) is 17.6. The molecule has 83 heavy (non-hydrogen) atoms. The van der Waals surface area contributed by atoms with Crippen molar-refractivity contribution in [1.82, 2.24) is 30.6 Å². The number of amides is 2. The molecule has 0 atom stereocenters. The number of nitrogen functional groups attached to an aromatic ring is 1. The van der Waals surface area contributed by atoms with Crippen LogP contribution >= 0.6 is 25.9 Å². The Morgan fingerprint density at radius 2 is 1.01 bits per heavy atom. The van der Waals surface area contributed by atoms with Gasteiger partial charge in [0.05, 0.1) is 11.4 Å². The zero-order chi connectivity index (χ0) is 60.5. The highest BCUT2D eigenvalue weighted by Gasteiger charge is 2.54. The largest absolute Gasteiger partial charge is 0.444 e. The molecule has 4 aromatic carbocycles. The molecule has 4 fully saturated rings. The van der Waals surface area contributed by atoms with E-state index in [1.165, 1.54) is 22.5 Å². The fourth-order valence-electron chi connectivity index (χ4n) is 11.3. The van der Waals surface area contributed by atoms with Crippen LogP contribution < -0.4 is 52.7 Å². The number of nitrogens with zero attached hydrogens (tertiary/aromatic N) is 6. The van der Waals surface area contributed by atoms with Crippen LogP contribution in [0.15, 0.2) is 97.3 Å². The number of anilines is 9. The van der Waals surface area contributed by atoms with Gasteiger partial charge in [0.25, 0.3) is 0 Å². The lowest BCUT2D eigenvalue weighted by molar-refractivity contribution is 0.0204. The molecule has 2 aromatic heterocycles. The number of carbonyl (C=O) groups is 2. The molecule has 18 nitrogen and oxygen atoms in total. The molecule has 0 unspecified atom stereocenters. The number of aromatic nitrogens is 4. The van der Waals surface area contributed by atoms with Crippen molar-refractivity contribution in [2.75, 3.05) is 84.3 Å². The van der Waals surface area contributed by atoms with Crippen molar-refractivity contribution in [3.05, 3.63) is 125 Å². The molecule has 2 aliphatic heterocycles. The smallest absolute Gasteiger partial charge is 0.407 e. The Morgan fingerprint density at radius 1 is 0.590 bits per heavy atom. The first-order chi connectivity index (χ1) is 38.7. The number of benzene rings is 4. The first-order valence-electron chi connectivity index (χ1n) is 28.1. The standard InChI is InChI=1S/C31H41N6O3P.C18H27N3O2.C13H15ClN3OP/c1-20-14-22(12-13-25(20)37-18-31(19-37)15-23(16-31)34-29(38)40-30(3,4)5)33-28-32-17-21(2)27(36-28)35-24-10-8-9-11-26(24)41(6,7)39;1-12-7-13(19)5-6-15(12)21-10-18(11-21)8-14(9-18)20-16(22)23-17(2,3)4;1-9-8-15-13(14)17-12(9)16-10-6-4-5-7-11(10)19(2,3)18/h8-14,17,23H,15-16,18-19H2,1-7H3,(H,34,38)(H2,32,33,35,36);5-7,14H,8-11,19H2,1-4H3,(H,20,22);4-8H,1-3H3,(H,15,16,17). The molecular weight excluding hydrogens is 1110 g/mol. The van der Waals surface area contributed by atoms with E-state index in [0.29, 0.717) is 23.0 Å². The molecule has 6 aromatic rings. The van der Waals surface area contributed by atoms with Crippen molar-refractivity contribution >= 4 is 100 Å². The Morgan fingerprint density at radius 3 is 1.45 bits per heavy atom. The first-order valence-corrected chi connectivity index (χ1v) is 33.7. The average Bonchev–Trinajstić information content (AvgIpc) is 1.43. The van der Waals surface area contributed by atoms with Crippen LogP contribution in [0.2, 0.25) is 5.28 Å². The lowest BCUT2D eigenvalue weighted by Gasteiger charge is -2.60. The van der Waals surface area contributed by atoms with Crippen molar-refractivity contribution in [2.45, 2.75) is 118 Å². The molecule has 4 aliphatic rings. The second kappa shape index (κ2) is 24.4. The van der Waals surface area contributed by atoms with Crippen LogP contribution in [-0.2, 0) is 18.6 Å². The van der Waals surface area contributed by atoms with Gasteiger partial charge in [0, 0.05) is 106 Å². The van der Waals surface area contributed by atoms with Crippen LogP contribution in [-0.4, -0.2) is 108 Å². The zero-order valence-corrected chi connectivity index (χ0v) is 53.1. The van der Waals surface area contributed by atoms with Gasteiger partial charge >= 0.3 is 12.2 Å². The number of halogens is 1. The number of hydrogen-bond acceptors (Lipinski definition) is 16. The predicted octanol–water partition coefficient (Wildman–Crippen LogP) is 12.8. The summed E-state index contributed by atoms with van der Waals surface area (Å²) in [6.07, 6.45) is 6.85. The number of aryl methyl sites for hydroxylation is 4. The molecule has 444 valence electrons. The topological polar surface area (TPSA) is 231 Å². The monoisotopic (exact) mass is 1190 g/mol. The number of carbonyl (C=O) groups excluding carboxylic acids is 2. The molecular formula is C62H83ClN12O6P2. The summed E-state index contributed by atoms with van der Waals surface area (Å²) in [4.78, 5) is 45.9. The van der Waals surface area contributed by atoms with E-state index in [2.05, 4.69) is 89.4 Å². The van der Waals surface area contributed by atoms with Gasteiger partial charge in [-0.2, -0.15) is 4.98 Å². The Balaban J connectivity index is 0.000000180. The first kappa shape index (κ1) is 62.2. The van der Waals surface area contributed by atoms with Crippen LogP contribution in [0.5, 0.6) is 0 Å². The fraction of sp³-hybridized carbons (Fsp3) is 0.452. The number of ether oxygens (including phenoxy) is 2. The molecule has 7 N–H and O–H groups in total. The lowest BCUT2D eigenvalue weighted by atomic mass is 9.60. The van der Waals surface area contributed by atoms with E-state index in [-0.39, 0.29) is 35.0 Å². The maximum Gasteiger partial charge on any atom is 0.407 e. The third-order valence-corrected chi connectivity index (χ3v) is 18.3. The van der Waals surface area contributed by atoms with Gasteiger partial charge in [-0.3, -0.25) is 0 Å². The summed E-state index contributed by atoms with van der Waals surface area (Å²) in [6.45, 7) is 30.5. The lowest BCUT2D eigenvalue weighted by Crippen LogP contribution is -2.67. The molecule has 2 saturated heterocycles. The second-order valence-electron chi connectivity index (χ2n) is 25.8. The van der Waals surface area contributed by atoms with Crippen LogP contribution in [0.3, 0.4) is 0 Å². The maximum absolute atomic E-state index is 12.8. The highest BCUT2D eigenvalue weighted by Crippen LogP contribution is 2.52. The van der Waals surface area contributed by atoms with Crippen LogP contribution in [0.4, 0.5) is 61.3 Å². The van der Waals surface area contributed by atoms with Gasteiger partial charge in [-0.1, -0.05) is 24.3 Å². The molecule has 10 rings (SSSR count). The number of para-hydroxylation sites is 2. The van der Waals surface area contributed by atoms with Gasteiger partial charge in [-0.15, -0.1) is 0 Å². The third-order valence-electron chi connectivity index (χ3n) is 15.0.